The second kappa shape index (κ2) is 8.27. The molecule has 0 unspecified atom stereocenters. The minimum atomic E-state index is -3.38. The molecule has 1 saturated heterocycles. The number of nitrogens with zero attached hydrogens (tertiary/aromatic N) is 1. The first-order valence-corrected chi connectivity index (χ1v) is 11.2. The fraction of sp³-hybridized carbons (Fsp3) is 0.450. The summed E-state index contributed by atoms with van der Waals surface area (Å²) >= 11 is 0. The van der Waals surface area contributed by atoms with E-state index < -0.39 is 9.84 Å². The lowest BCUT2D eigenvalue weighted by molar-refractivity contribution is -0.902. The average Bonchev–Trinajstić information content (AvgIpc) is 3.10. The van der Waals surface area contributed by atoms with Crippen LogP contribution in [0.3, 0.4) is 0 Å². The molecule has 1 fully saturated rings. The zero-order chi connectivity index (χ0) is 19.4. The van der Waals surface area contributed by atoms with Gasteiger partial charge in [0.15, 0.2) is 15.6 Å². The van der Waals surface area contributed by atoms with Gasteiger partial charge in [-0.1, -0.05) is 24.3 Å². The number of piperazine rings is 1. The zero-order valence-electron chi connectivity index (χ0n) is 15.9. The highest BCUT2D eigenvalue weighted by Crippen LogP contribution is 2.18. The molecular weight excluding hydrogens is 364 g/mol. The number of aryl methyl sites for hydroxylation is 1. The SMILES string of the molecule is CC[NH+]1CCN(C(=O)c2ccc(CS(=O)(=O)Cc3ccccc3C)o2)CC1. The van der Waals surface area contributed by atoms with Crippen LogP contribution in [0.5, 0.6) is 0 Å². The fourth-order valence-electron chi connectivity index (χ4n) is 3.38. The summed E-state index contributed by atoms with van der Waals surface area (Å²) in [5, 5.41) is 0. The van der Waals surface area contributed by atoms with Gasteiger partial charge in [0, 0.05) is 0 Å². The molecule has 7 heteroatoms. The van der Waals surface area contributed by atoms with Gasteiger partial charge in [-0.2, -0.15) is 0 Å². The molecule has 0 spiro atoms. The van der Waals surface area contributed by atoms with Gasteiger partial charge in [0.2, 0.25) is 0 Å². The van der Waals surface area contributed by atoms with Crippen LogP contribution in [-0.4, -0.2) is 51.9 Å². The number of amides is 1. The molecule has 6 nitrogen and oxygen atoms in total. The highest BCUT2D eigenvalue weighted by Gasteiger charge is 2.26. The third kappa shape index (κ3) is 4.99. The summed E-state index contributed by atoms with van der Waals surface area (Å²) in [7, 11) is -3.38. The Labute approximate surface area is 160 Å². The molecule has 1 N–H and O–H groups in total. The van der Waals surface area contributed by atoms with Crippen molar-refractivity contribution in [3.63, 3.8) is 0 Å². The Balaban J connectivity index is 1.63. The number of benzene rings is 1. The number of likely N-dealkylation sites (N-methyl/N-ethyl adjacent to an activating group) is 1. The van der Waals surface area contributed by atoms with Gasteiger partial charge in [-0.15, -0.1) is 0 Å². The summed E-state index contributed by atoms with van der Waals surface area (Å²) in [6.07, 6.45) is 0. The molecule has 0 atom stereocenters. The maximum absolute atomic E-state index is 12.6. The molecule has 146 valence electrons. The van der Waals surface area contributed by atoms with Gasteiger partial charge in [0.05, 0.1) is 38.5 Å². The number of hydrogen-bond donors (Lipinski definition) is 1. The molecule has 3 rings (SSSR count). The third-order valence-electron chi connectivity index (χ3n) is 5.13. The van der Waals surface area contributed by atoms with Crippen LogP contribution in [0.15, 0.2) is 40.8 Å². The Kier molecular flexibility index (Phi) is 6.01. The van der Waals surface area contributed by atoms with E-state index in [0.717, 1.165) is 30.8 Å². The predicted molar refractivity (Wildman–Crippen MR) is 103 cm³/mol. The van der Waals surface area contributed by atoms with Crippen molar-refractivity contribution in [2.45, 2.75) is 25.4 Å². The van der Waals surface area contributed by atoms with Crippen LogP contribution in [-0.2, 0) is 21.3 Å². The average molecular weight is 392 g/mol. The molecule has 1 aliphatic heterocycles. The monoisotopic (exact) mass is 391 g/mol. The number of sulfone groups is 1. The van der Waals surface area contributed by atoms with Crippen molar-refractivity contribution in [1.82, 2.24) is 4.90 Å². The highest BCUT2D eigenvalue weighted by atomic mass is 32.2. The van der Waals surface area contributed by atoms with Crippen molar-refractivity contribution in [2.75, 3.05) is 32.7 Å². The van der Waals surface area contributed by atoms with E-state index in [4.69, 9.17) is 4.42 Å². The van der Waals surface area contributed by atoms with E-state index in [-0.39, 0.29) is 23.2 Å². The third-order valence-corrected chi connectivity index (χ3v) is 6.60. The Morgan fingerprint density at radius 1 is 1.11 bits per heavy atom. The maximum atomic E-state index is 12.6. The number of nitrogens with one attached hydrogen (secondary N) is 1. The van der Waals surface area contributed by atoms with Crippen LogP contribution in [0.2, 0.25) is 0 Å². The standard InChI is InChI=1S/C20H26N2O4S/c1-3-21-10-12-22(13-11-21)20(23)19-9-8-18(26-19)15-27(24,25)14-17-7-5-4-6-16(17)2/h4-9H,3,10-15H2,1-2H3/p+1. The smallest absolute Gasteiger partial charge is 0.289 e. The number of carbonyl (C=O) groups is 1. The number of furan rings is 1. The first kappa shape index (κ1) is 19.6. The topological polar surface area (TPSA) is 72.0 Å². The molecule has 2 aromatic rings. The molecule has 2 heterocycles. The summed E-state index contributed by atoms with van der Waals surface area (Å²) in [6, 6.07) is 10.6. The van der Waals surface area contributed by atoms with E-state index in [0.29, 0.717) is 18.8 Å². The van der Waals surface area contributed by atoms with Gasteiger partial charge < -0.3 is 14.2 Å². The van der Waals surface area contributed by atoms with Crippen molar-refractivity contribution in [1.29, 1.82) is 0 Å². The lowest BCUT2D eigenvalue weighted by atomic mass is 10.1. The van der Waals surface area contributed by atoms with Crippen LogP contribution >= 0.6 is 0 Å². The molecule has 1 aromatic carbocycles. The second-order valence-electron chi connectivity index (χ2n) is 7.12. The van der Waals surface area contributed by atoms with Crippen LogP contribution in [0.4, 0.5) is 0 Å². The first-order chi connectivity index (χ1) is 12.9. The lowest BCUT2D eigenvalue weighted by Crippen LogP contribution is -3.14. The van der Waals surface area contributed by atoms with Gasteiger partial charge in [0.25, 0.3) is 5.91 Å². The van der Waals surface area contributed by atoms with E-state index >= 15 is 0 Å². The predicted octanol–water partition coefficient (Wildman–Crippen LogP) is 1.06. The molecule has 0 aliphatic carbocycles. The number of hydrogen-bond acceptors (Lipinski definition) is 4. The Hall–Kier alpha value is -2.12. The van der Waals surface area contributed by atoms with Crippen molar-refractivity contribution in [3.8, 4) is 0 Å². The van der Waals surface area contributed by atoms with Crippen LogP contribution in [0, 0.1) is 6.92 Å². The van der Waals surface area contributed by atoms with Gasteiger partial charge in [-0.05, 0) is 37.1 Å². The van der Waals surface area contributed by atoms with Crippen LogP contribution in [0.25, 0.3) is 0 Å². The Morgan fingerprint density at radius 3 is 2.48 bits per heavy atom. The zero-order valence-corrected chi connectivity index (χ0v) is 16.7. The minimum absolute atomic E-state index is 0.0363. The van der Waals surface area contributed by atoms with Crippen molar-refractivity contribution >= 4 is 15.7 Å². The Morgan fingerprint density at radius 2 is 1.81 bits per heavy atom. The van der Waals surface area contributed by atoms with E-state index in [9.17, 15) is 13.2 Å². The molecular formula is C20H27N2O4S+. The number of carbonyl (C=O) groups excluding carboxylic acids is 1. The number of quaternary nitrogens is 1. The van der Waals surface area contributed by atoms with Crippen molar-refractivity contribution in [3.05, 3.63) is 59.0 Å². The minimum Gasteiger partial charge on any atom is -0.455 e. The van der Waals surface area contributed by atoms with E-state index in [1.165, 1.54) is 4.90 Å². The van der Waals surface area contributed by atoms with E-state index in [1.807, 2.05) is 31.2 Å². The fourth-order valence-corrected chi connectivity index (χ4v) is 4.87. The summed E-state index contributed by atoms with van der Waals surface area (Å²) in [5.41, 5.74) is 1.74. The summed E-state index contributed by atoms with van der Waals surface area (Å²) in [4.78, 5) is 15.9. The highest BCUT2D eigenvalue weighted by molar-refractivity contribution is 7.89. The van der Waals surface area contributed by atoms with Crippen molar-refractivity contribution < 1.29 is 22.5 Å². The molecule has 0 bridgehead atoms. The van der Waals surface area contributed by atoms with Crippen LogP contribution < -0.4 is 4.90 Å². The molecule has 1 aliphatic rings. The number of rotatable bonds is 6. The van der Waals surface area contributed by atoms with Gasteiger partial charge in [-0.3, -0.25) is 4.79 Å². The largest absolute Gasteiger partial charge is 0.455 e. The molecule has 0 radical (unpaired) electrons. The van der Waals surface area contributed by atoms with Crippen LogP contribution in [0.1, 0.15) is 34.4 Å². The van der Waals surface area contributed by atoms with E-state index in [1.54, 1.807) is 17.0 Å². The Bertz CT molecular complexity index is 896. The lowest BCUT2D eigenvalue weighted by Gasteiger charge is -2.31. The maximum Gasteiger partial charge on any atom is 0.289 e. The van der Waals surface area contributed by atoms with Gasteiger partial charge in [0.1, 0.15) is 11.5 Å². The normalized spacial score (nSPS) is 15.9. The van der Waals surface area contributed by atoms with E-state index in [2.05, 4.69) is 6.92 Å². The second-order valence-corrected chi connectivity index (χ2v) is 9.18. The quantitative estimate of drug-likeness (QED) is 0.799. The molecule has 1 aromatic heterocycles. The van der Waals surface area contributed by atoms with Gasteiger partial charge in [-0.25, -0.2) is 8.42 Å². The summed E-state index contributed by atoms with van der Waals surface area (Å²) < 4.78 is 30.6. The van der Waals surface area contributed by atoms with Gasteiger partial charge >= 0.3 is 0 Å². The summed E-state index contributed by atoms with van der Waals surface area (Å²) in [6.45, 7) is 8.36. The molecule has 1 amide bonds. The molecule has 0 saturated carbocycles. The first-order valence-electron chi connectivity index (χ1n) is 9.34. The molecule has 27 heavy (non-hydrogen) atoms. The van der Waals surface area contributed by atoms with Crippen molar-refractivity contribution in [2.24, 2.45) is 0 Å². The summed E-state index contributed by atoms with van der Waals surface area (Å²) in [5.74, 6) is 0.127.